The fourth-order valence-corrected chi connectivity index (χ4v) is 2.46. The second-order valence-corrected chi connectivity index (χ2v) is 4.77. The molecule has 0 amide bonds. The number of methoxy groups -OCH3 is 2. The molecule has 1 aromatic carbocycles. The Labute approximate surface area is 124 Å². The molecule has 1 aliphatic carbocycles. The van der Waals surface area contributed by atoms with Crippen LogP contribution in [-0.2, 0) is 14.3 Å². The highest BCUT2D eigenvalue weighted by Gasteiger charge is 2.27. The molecule has 21 heavy (non-hydrogen) atoms. The molecule has 0 N–H and O–H groups in total. The van der Waals surface area contributed by atoms with Gasteiger partial charge < -0.3 is 9.47 Å². The molecule has 0 aromatic heterocycles. The molecule has 0 unspecified atom stereocenters. The van der Waals surface area contributed by atoms with E-state index in [-0.39, 0.29) is 23.2 Å². The molecular formula is C17H18O4. The monoisotopic (exact) mass is 286 g/mol. The van der Waals surface area contributed by atoms with Crippen molar-refractivity contribution in [2.75, 3.05) is 14.2 Å². The number of hydrogen-bond donors (Lipinski definition) is 0. The quantitative estimate of drug-likeness (QED) is 0.781. The number of allylic oxidation sites excluding steroid dienone is 3. The maximum atomic E-state index is 12.2. The zero-order valence-corrected chi connectivity index (χ0v) is 12.4. The average Bonchev–Trinajstić information content (AvgIpc) is 2.51. The number of ketones is 2. The van der Waals surface area contributed by atoms with Crippen LogP contribution in [0.5, 0.6) is 5.75 Å². The van der Waals surface area contributed by atoms with Gasteiger partial charge in [0.1, 0.15) is 5.75 Å². The summed E-state index contributed by atoms with van der Waals surface area (Å²) < 4.78 is 10.0. The fraction of sp³-hybridized carbons (Fsp3) is 0.294. The summed E-state index contributed by atoms with van der Waals surface area (Å²) in [6.07, 6.45) is 3.39. The normalized spacial score (nSPS) is 16.1. The zero-order valence-electron chi connectivity index (χ0n) is 12.4. The first-order valence-corrected chi connectivity index (χ1v) is 6.80. The highest BCUT2D eigenvalue weighted by molar-refractivity contribution is 6.19. The number of benzene rings is 1. The summed E-state index contributed by atoms with van der Waals surface area (Å²) >= 11 is 0. The van der Waals surface area contributed by atoms with E-state index in [0.717, 1.165) is 17.7 Å². The lowest BCUT2D eigenvalue weighted by molar-refractivity contribution is -0.117. The lowest BCUT2D eigenvalue weighted by atomic mass is 9.83. The van der Waals surface area contributed by atoms with Gasteiger partial charge >= 0.3 is 0 Å². The van der Waals surface area contributed by atoms with Gasteiger partial charge in [0.2, 0.25) is 5.78 Å². The van der Waals surface area contributed by atoms with Gasteiger partial charge in [-0.1, -0.05) is 19.1 Å². The molecule has 0 aliphatic heterocycles. The summed E-state index contributed by atoms with van der Waals surface area (Å²) in [7, 11) is 2.99. The van der Waals surface area contributed by atoms with E-state index in [1.165, 1.54) is 19.3 Å². The molecule has 0 saturated carbocycles. The number of carbonyl (C=O) groups is 2. The Morgan fingerprint density at radius 2 is 1.62 bits per heavy atom. The molecular weight excluding hydrogens is 268 g/mol. The highest BCUT2D eigenvalue weighted by Crippen LogP contribution is 2.32. The number of carbonyl (C=O) groups excluding carboxylic acids is 2. The Bertz CT molecular complexity index is 608. The standard InChI is InChI=1S/C17H18O4/c1-4-13(11-5-7-12(20-2)8-6-11)14-9-16(19)17(21-3)10-15(14)18/h5-10,13H,4H2,1-3H3/t13-/m0/s1. The van der Waals surface area contributed by atoms with Crippen LogP contribution in [0, 0.1) is 0 Å². The molecule has 0 saturated heterocycles. The molecule has 4 nitrogen and oxygen atoms in total. The lowest BCUT2D eigenvalue weighted by Crippen LogP contribution is -2.18. The summed E-state index contributed by atoms with van der Waals surface area (Å²) in [6.45, 7) is 1.99. The van der Waals surface area contributed by atoms with Gasteiger partial charge in [-0.3, -0.25) is 9.59 Å². The molecule has 0 bridgehead atoms. The van der Waals surface area contributed by atoms with Crippen molar-refractivity contribution in [2.45, 2.75) is 19.3 Å². The largest absolute Gasteiger partial charge is 0.497 e. The lowest BCUT2D eigenvalue weighted by Gasteiger charge is -2.20. The van der Waals surface area contributed by atoms with Crippen LogP contribution in [0.15, 0.2) is 47.7 Å². The van der Waals surface area contributed by atoms with Crippen molar-refractivity contribution in [3.63, 3.8) is 0 Å². The maximum Gasteiger partial charge on any atom is 0.220 e. The predicted octanol–water partition coefficient (Wildman–Crippen LogP) is 2.80. The molecule has 1 aliphatic rings. The second kappa shape index (κ2) is 6.39. The van der Waals surface area contributed by atoms with Crippen LogP contribution < -0.4 is 4.74 Å². The fourth-order valence-electron chi connectivity index (χ4n) is 2.46. The van der Waals surface area contributed by atoms with Crippen molar-refractivity contribution in [3.05, 3.63) is 53.3 Å². The minimum atomic E-state index is -0.265. The van der Waals surface area contributed by atoms with Gasteiger partial charge in [-0.15, -0.1) is 0 Å². The van der Waals surface area contributed by atoms with Crippen molar-refractivity contribution in [2.24, 2.45) is 0 Å². The van der Waals surface area contributed by atoms with Crippen LogP contribution in [-0.4, -0.2) is 25.8 Å². The zero-order chi connectivity index (χ0) is 15.4. The Morgan fingerprint density at radius 3 is 2.14 bits per heavy atom. The van der Waals surface area contributed by atoms with Gasteiger partial charge in [-0.25, -0.2) is 0 Å². The minimum absolute atomic E-state index is 0.0910. The van der Waals surface area contributed by atoms with E-state index >= 15 is 0 Å². The number of hydrogen-bond acceptors (Lipinski definition) is 4. The van der Waals surface area contributed by atoms with Crippen molar-refractivity contribution < 1.29 is 19.1 Å². The van der Waals surface area contributed by atoms with Gasteiger partial charge in [0, 0.05) is 17.6 Å². The third kappa shape index (κ3) is 3.05. The Kier molecular flexibility index (Phi) is 4.58. The van der Waals surface area contributed by atoms with E-state index in [2.05, 4.69) is 0 Å². The second-order valence-electron chi connectivity index (χ2n) is 4.77. The molecule has 110 valence electrons. The number of ether oxygens (including phenoxy) is 2. The van der Waals surface area contributed by atoms with E-state index in [4.69, 9.17) is 9.47 Å². The summed E-state index contributed by atoms with van der Waals surface area (Å²) in [6, 6.07) is 7.54. The smallest absolute Gasteiger partial charge is 0.220 e. The summed E-state index contributed by atoms with van der Waals surface area (Å²) in [5.74, 6) is 0.304. The minimum Gasteiger partial charge on any atom is -0.497 e. The predicted molar refractivity (Wildman–Crippen MR) is 79.2 cm³/mol. The van der Waals surface area contributed by atoms with Crippen molar-refractivity contribution in [1.82, 2.24) is 0 Å². The van der Waals surface area contributed by atoms with E-state index in [9.17, 15) is 9.59 Å². The molecule has 0 heterocycles. The van der Waals surface area contributed by atoms with Gasteiger partial charge in [-0.05, 0) is 30.2 Å². The van der Waals surface area contributed by atoms with E-state index < -0.39 is 0 Å². The molecule has 1 atom stereocenters. The average molecular weight is 286 g/mol. The van der Waals surface area contributed by atoms with Crippen LogP contribution in [0.3, 0.4) is 0 Å². The van der Waals surface area contributed by atoms with E-state index in [1.807, 2.05) is 31.2 Å². The Balaban J connectivity index is 2.33. The molecule has 4 heteroatoms. The molecule has 0 fully saturated rings. The number of rotatable bonds is 5. The van der Waals surface area contributed by atoms with Crippen LogP contribution in [0.2, 0.25) is 0 Å². The third-order valence-electron chi connectivity index (χ3n) is 3.60. The molecule has 0 radical (unpaired) electrons. The SMILES string of the molecule is CC[C@H](C1=CC(=O)C(OC)=CC1=O)c1ccc(OC)cc1. The topological polar surface area (TPSA) is 52.6 Å². The molecule has 0 spiro atoms. The van der Waals surface area contributed by atoms with Gasteiger partial charge in [0.15, 0.2) is 11.5 Å². The summed E-state index contributed by atoms with van der Waals surface area (Å²) in [5.41, 5.74) is 1.49. The van der Waals surface area contributed by atoms with Gasteiger partial charge in [0.05, 0.1) is 14.2 Å². The van der Waals surface area contributed by atoms with E-state index in [0.29, 0.717) is 5.57 Å². The van der Waals surface area contributed by atoms with Crippen LogP contribution >= 0.6 is 0 Å². The highest BCUT2D eigenvalue weighted by atomic mass is 16.5. The van der Waals surface area contributed by atoms with Gasteiger partial charge in [-0.2, -0.15) is 0 Å². The Hall–Kier alpha value is -2.36. The van der Waals surface area contributed by atoms with Crippen LogP contribution in [0.4, 0.5) is 0 Å². The molecule has 2 rings (SSSR count). The first-order valence-electron chi connectivity index (χ1n) is 6.80. The van der Waals surface area contributed by atoms with Crippen LogP contribution in [0.25, 0.3) is 0 Å². The Morgan fingerprint density at radius 1 is 0.952 bits per heavy atom. The van der Waals surface area contributed by atoms with Gasteiger partial charge in [0.25, 0.3) is 0 Å². The summed E-state index contributed by atoms with van der Waals surface area (Å²) in [5, 5.41) is 0. The first-order chi connectivity index (χ1) is 10.1. The van der Waals surface area contributed by atoms with Crippen molar-refractivity contribution in [3.8, 4) is 5.75 Å². The maximum absolute atomic E-state index is 12.2. The van der Waals surface area contributed by atoms with Crippen molar-refractivity contribution in [1.29, 1.82) is 0 Å². The first kappa shape index (κ1) is 15.0. The molecule has 1 aromatic rings. The summed E-state index contributed by atoms with van der Waals surface area (Å²) in [4.78, 5) is 24.1. The van der Waals surface area contributed by atoms with Crippen molar-refractivity contribution >= 4 is 11.6 Å². The third-order valence-corrected chi connectivity index (χ3v) is 3.60. The van der Waals surface area contributed by atoms with E-state index in [1.54, 1.807) is 7.11 Å². The van der Waals surface area contributed by atoms with Crippen LogP contribution in [0.1, 0.15) is 24.8 Å².